The molecular formula is C15H24ClNO2. The fourth-order valence-corrected chi connectivity index (χ4v) is 1.73. The Kier molecular flexibility index (Phi) is 7.87. The van der Waals surface area contributed by atoms with E-state index in [0.717, 1.165) is 24.3 Å². The number of halogens is 1. The Bertz CT molecular complexity index is 371. The fraction of sp³-hybridized carbons (Fsp3) is 0.600. The zero-order chi connectivity index (χ0) is 14.1. The van der Waals surface area contributed by atoms with E-state index in [2.05, 4.69) is 19.2 Å². The van der Waals surface area contributed by atoms with Crippen molar-refractivity contribution in [2.24, 2.45) is 0 Å². The summed E-state index contributed by atoms with van der Waals surface area (Å²) < 4.78 is 11.1. The van der Waals surface area contributed by atoms with Crippen LogP contribution in [0.25, 0.3) is 0 Å². The minimum Gasteiger partial charge on any atom is -0.490 e. The van der Waals surface area contributed by atoms with Gasteiger partial charge in [0, 0.05) is 12.6 Å². The van der Waals surface area contributed by atoms with E-state index in [0.29, 0.717) is 30.9 Å². The van der Waals surface area contributed by atoms with Crippen LogP contribution in [0.1, 0.15) is 25.8 Å². The Balaban J connectivity index is 2.09. The van der Waals surface area contributed by atoms with Gasteiger partial charge in [-0.3, -0.25) is 0 Å². The molecular weight excluding hydrogens is 262 g/mol. The predicted molar refractivity (Wildman–Crippen MR) is 80.3 cm³/mol. The van der Waals surface area contributed by atoms with Crippen LogP contribution in [0.2, 0.25) is 5.02 Å². The lowest BCUT2D eigenvalue weighted by Gasteiger charge is -2.12. The maximum Gasteiger partial charge on any atom is 0.138 e. The van der Waals surface area contributed by atoms with E-state index in [1.165, 1.54) is 0 Å². The van der Waals surface area contributed by atoms with E-state index in [1.54, 1.807) is 0 Å². The monoisotopic (exact) mass is 285 g/mol. The first-order valence-corrected chi connectivity index (χ1v) is 7.21. The molecule has 1 unspecified atom stereocenters. The molecule has 4 heteroatoms. The summed E-state index contributed by atoms with van der Waals surface area (Å²) >= 11 is 6.03. The maximum absolute atomic E-state index is 6.03. The van der Waals surface area contributed by atoms with Gasteiger partial charge in [0.15, 0.2) is 0 Å². The summed E-state index contributed by atoms with van der Waals surface area (Å²) in [6.07, 6.45) is 1.13. The quantitative estimate of drug-likeness (QED) is 0.705. The van der Waals surface area contributed by atoms with Gasteiger partial charge in [-0.1, -0.05) is 24.6 Å². The van der Waals surface area contributed by atoms with E-state index >= 15 is 0 Å². The standard InChI is InChI=1S/C15H24ClNO2/c1-4-13(3)17-7-8-18-9-10-19-15-11-12(2)5-6-14(15)16/h5-6,11,13,17H,4,7-10H2,1-3H3. The molecule has 0 aliphatic carbocycles. The second-order valence-corrected chi connectivity index (χ2v) is 5.07. The van der Waals surface area contributed by atoms with Gasteiger partial charge in [-0.25, -0.2) is 0 Å². The summed E-state index contributed by atoms with van der Waals surface area (Å²) in [6.45, 7) is 9.02. The third-order valence-electron chi connectivity index (χ3n) is 2.92. The second kappa shape index (κ2) is 9.18. The number of hydrogen-bond donors (Lipinski definition) is 1. The first-order chi connectivity index (χ1) is 9.13. The van der Waals surface area contributed by atoms with Crippen molar-refractivity contribution in [1.29, 1.82) is 0 Å². The molecule has 0 saturated carbocycles. The Morgan fingerprint density at radius 3 is 2.79 bits per heavy atom. The highest BCUT2D eigenvalue weighted by Crippen LogP contribution is 2.24. The number of aryl methyl sites for hydroxylation is 1. The molecule has 1 aromatic carbocycles. The Labute approximate surface area is 121 Å². The maximum atomic E-state index is 6.03. The van der Waals surface area contributed by atoms with Crippen LogP contribution >= 0.6 is 11.6 Å². The van der Waals surface area contributed by atoms with Crippen molar-refractivity contribution >= 4 is 11.6 Å². The summed E-state index contributed by atoms with van der Waals surface area (Å²) in [5.41, 5.74) is 1.14. The zero-order valence-electron chi connectivity index (χ0n) is 12.0. The summed E-state index contributed by atoms with van der Waals surface area (Å²) in [5, 5.41) is 4.01. The summed E-state index contributed by atoms with van der Waals surface area (Å²) in [4.78, 5) is 0. The molecule has 1 rings (SSSR count). The minimum atomic E-state index is 0.520. The van der Waals surface area contributed by atoms with Crippen molar-refractivity contribution in [2.45, 2.75) is 33.2 Å². The molecule has 0 radical (unpaired) electrons. The molecule has 1 atom stereocenters. The fourth-order valence-electron chi connectivity index (χ4n) is 1.56. The second-order valence-electron chi connectivity index (χ2n) is 4.66. The predicted octanol–water partition coefficient (Wildman–Crippen LogP) is 3.43. The van der Waals surface area contributed by atoms with Crippen molar-refractivity contribution in [3.05, 3.63) is 28.8 Å². The number of benzene rings is 1. The molecule has 0 amide bonds. The molecule has 1 aromatic rings. The van der Waals surface area contributed by atoms with E-state index in [4.69, 9.17) is 21.1 Å². The van der Waals surface area contributed by atoms with Crippen molar-refractivity contribution in [1.82, 2.24) is 5.32 Å². The molecule has 0 bridgehead atoms. The molecule has 0 fully saturated rings. The Morgan fingerprint density at radius 2 is 2.05 bits per heavy atom. The van der Waals surface area contributed by atoms with Gasteiger partial charge < -0.3 is 14.8 Å². The van der Waals surface area contributed by atoms with Gasteiger partial charge in [0.1, 0.15) is 12.4 Å². The van der Waals surface area contributed by atoms with Gasteiger partial charge >= 0.3 is 0 Å². The lowest BCUT2D eigenvalue weighted by molar-refractivity contribution is 0.100. The number of ether oxygens (including phenoxy) is 2. The summed E-state index contributed by atoms with van der Waals surface area (Å²) in [6, 6.07) is 6.30. The molecule has 1 N–H and O–H groups in total. The van der Waals surface area contributed by atoms with Crippen LogP contribution in [0.3, 0.4) is 0 Å². The average Bonchev–Trinajstić information content (AvgIpc) is 2.41. The molecule has 0 heterocycles. The smallest absolute Gasteiger partial charge is 0.138 e. The molecule has 0 aliphatic heterocycles. The van der Waals surface area contributed by atoms with E-state index in [9.17, 15) is 0 Å². The van der Waals surface area contributed by atoms with Crippen molar-refractivity contribution < 1.29 is 9.47 Å². The zero-order valence-corrected chi connectivity index (χ0v) is 12.8. The van der Waals surface area contributed by atoms with Crippen LogP contribution in [0.15, 0.2) is 18.2 Å². The molecule has 0 spiro atoms. The minimum absolute atomic E-state index is 0.520. The molecule has 0 aromatic heterocycles. The number of hydrogen-bond acceptors (Lipinski definition) is 3. The van der Waals surface area contributed by atoms with Crippen molar-refractivity contribution in [2.75, 3.05) is 26.4 Å². The molecule has 108 valence electrons. The van der Waals surface area contributed by atoms with Gasteiger partial charge in [0.2, 0.25) is 0 Å². The number of rotatable bonds is 9. The van der Waals surface area contributed by atoms with Crippen LogP contribution in [0.5, 0.6) is 5.75 Å². The topological polar surface area (TPSA) is 30.5 Å². The SMILES string of the molecule is CCC(C)NCCOCCOc1cc(C)ccc1Cl. The van der Waals surface area contributed by atoms with Crippen LogP contribution < -0.4 is 10.1 Å². The van der Waals surface area contributed by atoms with Gasteiger partial charge in [-0.15, -0.1) is 0 Å². The van der Waals surface area contributed by atoms with Crippen molar-refractivity contribution in [3.63, 3.8) is 0 Å². The highest BCUT2D eigenvalue weighted by atomic mass is 35.5. The largest absolute Gasteiger partial charge is 0.490 e. The van der Waals surface area contributed by atoms with E-state index in [1.807, 2.05) is 25.1 Å². The third kappa shape index (κ3) is 6.81. The average molecular weight is 286 g/mol. The molecule has 0 aliphatic rings. The van der Waals surface area contributed by atoms with Gasteiger partial charge in [-0.05, 0) is 38.0 Å². The van der Waals surface area contributed by atoms with E-state index in [-0.39, 0.29) is 0 Å². The molecule has 3 nitrogen and oxygen atoms in total. The lowest BCUT2D eigenvalue weighted by Crippen LogP contribution is -2.29. The summed E-state index contributed by atoms with van der Waals surface area (Å²) in [7, 11) is 0. The van der Waals surface area contributed by atoms with Crippen LogP contribution in [0, 0.1) is 6.92 Å². The Hall–Kier alpha value is -0.770. The summed E-state index contributed by atoms with van der Waals surface area (Å²) in [5.74, 6) is 0.725. The normalized spacial score (nSPS) is 12.4. The molecule has 0 saturated heterocycles. The van der Waals surface area contributed by atoms with Gasteiger partial charge in [0.25, 0.3) is 0 Å². The van der Waals surface area contributed by atoms with Crippen LogP contribution in [0.4, 0.5) is 0 Å². The first kappa shape index (κ1) is 16.3. The Morgan fingerprint density at radius 1 is 1.26 bits per heavy atom. The third-order valence-corrected chi connectivity index (χ3v) is 3.24. The van der Waals surface area contributed by atoms with Crippen LogP contribution in [-0.2, 0) is 4.74 Å². The van der Waals surface area contributed by atoms with E-state index < -0.39 is 0 Å². The lowest BCUT2D eigenvalue weighted by atomic mass is 10.2. The van der Waals surface area contributed by atoms with Gasteiger partial charge in [0.05, 0.1) is 18.2 Å². The van der Waals surface area contributed by atoms with Crippen molar-refractivity contribution in [3.8, 4) is 5.75 Å². The van der Waals surface area contributed by atoms with Crippen LogP contribution in [-0.4, -0.2) is 32.4 Å². The number of nitrogens with one attached hydrogen (secondary N) is 1. The first-order valence-electron chi connectivity index (χ1n) is 6.83. The molecule has 19 heavy (non-hydrogen) atoms. The highest BCUT2D eigenvalue weighted by molar-refractivity contribution is 6.32. The van der Waals surface area contributed by atoms with Gasteiger partial charge in [-0.2, -0.15) is 0 Å². The highest BCUT2D eigenvalue weighted by Gasteiger charge is 2.01.